The van der Waals surface area contributed by atoms with E-state index in [4.69, 9.17) is 4.74 Å². The summed E-state index contributed by atoms with van der Waals surface area (Å²) in [5.74, 6) is 1.91. The second-order valence-corrected chi connectivity index (χ2v) is 6.67. The second kappa shape index (κ2) is 8.60. The number of unbranched alkanes of at least 4 members (excludes halogenated alkanes) is 3. The van der Waals surface area contributed by atoms with Crippen LogP contribution in [-0.2, 0) is 9.53 Å². The van der Waals surface area contributed by atoms with Gasteiger partial charge in [0, 0.05) is 6.42 Å². The largest absolute Gasteiger partial charge is 0.462 e. The van der Waals surface area contributed by atoms with Gasteiger partial charge in [-0.3, -0.25) is 4.79 Å². The van der Waals surface area contributed by atoms with Gasteiger partial charge in [0.05, 0.1) is 0 Å². The molecule has 1 rings (SSSR count). The highest BCUT2D eigenvalue weighted by Gasteiger charge is 2.33. The van der Waals surface area contributed by atoms with Crippen molar-refractivity contribution in [2.45, 2.75) is 85.2 Å². The SMILES string of the molecule is CCCCCCC(=O)O[C@@H]1C[C@H](C)CC[C@H]1C(C)C. The molecule has 2 heteroatoms. The molecular weight excluding hydrogens is 236 g/mol. The normalized spacial score (nSPS) is 27.5. The quantitative estimate of drug-likeness (QED) is 0.482. The summed E-state index contributed by atoms with van der Waals surface area (Å²) in [6.45, 7) is 8.97. The molecule has 19 heavy (non-hydrogen) atoms. The first-order valence-electron chi connectivity index (χ1n) is 8.24. The first-order chi connectivity index (χ1) is 9.04. The van der Waals surface area contributed by atoms with Crippen molar-refractivity contribution >= 4 is 5.97 Å². The average molecular weight is 268 g/mol. The summed E-state index contributed by atoms with van der Waals surface area (Å²) in [5, 5.41) is 0. The Morgan fingerprint density at radius 3 is 2.58 bits per heavy atom. The molecule has 0 amide bonds. The van der Waals surface area contributed by atoms with Gasteiger partial charge in [0.25, 0.3) is 0 Å². The molecule has 112 valence electrons. The van der Waals surface area contributed by atoms with Crippen molar-refractivity contribution in [3.8, 4) is 0 Å². The van der Waals surface area contributed by atoms with E-state index >= 15 is 0 Å². The number of esters is 1. The van der Waals surface area contributed by atoms with Crippen LogP contribution in [0.25, 0.3) is 0 Å². The topological polar surface area (TPSA) is 26.3 Å². The van der Waals surface area contributed by atoms with E-state index in [0.717, 1.165) is 19.3 Å². The summed E-state index contributed by atoms with van der Waals surface area (Å²) < 4.78 is 5.78. The fraction of sp³-hybridized carbons (Fsp3) is 0.941. The van der Waals surface area contributed by atoms with Crippen LogP contribution in [0.2, 0.25) is 0 Å². The molecule has 0 aromatic carbocycles. The number of carbonyl (C=O) groups excluding carboxylic acids is 1. The minimum Gasteiger partial charge on any atom is -0.462 e. The van der Waals surface area contributed by atoms with Crippen molar-refractivity contribution in [1.82, 2.24) is 0 Å². The highest BCUT2D eigenvalue weighted by molar-refractivity contribution is 5.69. The lowest BCUT2D eigenvalue weighted by Crippen LogP contribution is -2.35. The van der Waals surface area contributed by atoms with Crippen LogP contribution in [0.4, 0.5) is 0 Å². The van der Waals surface area contributed by atoms with Gasteiger partial charge in [0.15, 0.2) is 0 Å². The zero-order valence-electron chi connectivity index (χ0n) is 13.3. The van der Waals surface area contributed by atoms with Gasteiger partial charge < -0.3 is 4.74 Å². The Hall–Kier alpha value is -0.530. The third-order valence-electron chi connectivity index (χ3n) is 4.48. The standard InChI is InChI=1S/C17H32O2/c1-5-6-7-8-9-17(18)19-16-12-14(4)10-11-15(16)13(2)3/h13-16H,5-12H2,1-4H3/t14-,15+,16-/m1/s1. The molecule has 0 aromatic heterocycles. The third kappa shape index (κ3) is 5.97. The van der Waals surface area contributed by atoms with Crippen molar-refractivity contribution in [2.24, 2.45) is 17.8 Å². The van der Waals surface area contributed by atoms with Gasteiger partial charge >= 0.3 is 5.97 Å². The fourth-order valence-electron chi connectivity index (χ4n) is 3.17. The van der Waals surface area contributed by atoms with Crippen LogP contribution in [0.3, 0.4) is 0 Å². The molecule has 2 nitrogen and oxygen atoms in total. The molecule has 1 fully saturated rings. The van der Waals surface area contributed by atoms with Crippen LogP contribution < -0.4 is 0 Å². The molecule has 0 unspecified atom stereocenters. The van der Waals surface area contributed by atoms with Crippen LogP contribution in [0, 0.1) is 17.8 Å². The van der Waals surface area contributed by atoms with Crippen molar-refractivity contribution in [2.75, 3.05) is 0 Å². The first kappa shape index (κ1) is 16.5. The van der Waals surface area contributed by atoms with E-state index in [0.29, 0.717) is 24.2 Å². The molecule has 0 aromatic rings. The molecule has 0 heterocycles. The minimum atomic E-state index is 0.0286. The van der Waals surface area contributed by atoms with Crippen molar-refractivity contribution in [3.63, 3.8) is 0 Å². The molecule has 0 radical (unpaired) electrons. The first-order valence-corrected chi connectivity index (χ1v) is 8.24. The lowest BCUT2D eigenvalue weighted by molar-refractivity contribution is -0.156. The average Bonchev–Trinajstić information content (AvgIpc) is 2.34. The molecule has 0 spiro atoms. The molecule has 1 aliphatic rings. The van der Waals surface area contributed by atoms with Gasteiger partial charge in [-0.15, -0.1) is 0 Å². The van der Waals surface area contributed by atoms with E-state index in [1.54, 1.807) is 0 Å². The van der Waals surface area contributed by atoms with E-state index in [1.807, 2.05) is 0 Å². The summed E-state index contributed by atoms with van der Waals surface area (Å²) in [6, 6.07) is 0. The predicted octanol–water partition coefficient (Wildman–Crippen LogP) is 4.96. The van der Waals surface area contributed by atoms with Crippen LogP contribution in [-0.4, -0.2) is 12.1 Å². The lowest BCUT2D eigenvalue weighted by atomic mass is 9.75. The maximum Gasteiger partial charge on any atom is 0.306 e. The van der Waals surface area contributed by atoms with Gasteiger partial charge in [-0.05, 0) is 37.0 Å². The molecule has 1 aliphatic carbocycles. The van der Waals surface area contributed by atoms with E-state index in [9.17, 15) is 4.79 Å². The van der Waals surface area contributed by atoms with Crippen molar-refractivity contribution in [1.29, 1.82) is 0 Å². The number of hydrogen-bond donors (Lipinski definition) is 0. The van der Waals surface area contributed by atoms with Gasteiger partial charge in [0.1, 0.15) is 6.10 Å². The number of ether oxygens (including phenoxy) is 1. The third-order valence-corrected chi connectivity index (χ3v) is 4.48. The second-order valence-electron chi connectivity index (χ2n) is 6.67. The monoisotopic (exact) mass is 268 g/mol. The highest BCUT2D eigenvalue weighted by atomic mass is 16.5. The van der Waals surface area contributed by atoms with Crippen LogP contribution >= 0.6 is 0 Å². The van der Waals surface area contributed by atoms with Crippen LogP contribution in [0.15, 0.2) is 0 Å². The zero-order valence-corrected chi connectivity index (χ0v) is 13.3. The molecular formula is C17H32O2. The van der Waals surface area contributed by atoms with Crippen LogP contribution in [0.5, 0.6) is 0 Å². The maximum absolute atomic E-state index is 11.9. The Morgan fingerprint density at radius 2 is 1.95 bits per heavy atom. The van der Waals surface area contributed by atoms with Gasteiger partial charge in [0.2, 0.25) is 0 Å². The van der Waals surface area contributed by atoms with Gasteiger partial charge in [-0.25, -0.2) is 0 Å². The lowest BCUT2D eigenvalue weighted by Gasteiger charge is -2.36. The summed E-state index contributed by atoms with van der Waals surface area (Å²) in [7, 11) is 0. The van der Waals surface area contributed by atoms with E-state index in [-0.39, 0.29) is 12.1 Å². The number of rotatable bonds is 7. The molecule has 0 saturated heterocycles. The summed E-state index contributed by atoms with van der Waals surface area (Å²) in [5.41, 5.74) is 0. The molecule has 0 N–H and O–H groups in total. The summed E-state index contributed by atoms with van der Waals surface area (Å²) in [6.07, 6.45) is 8.91. The molecule has 0 bridgehead atoms. The van der Waals surface area contributed by atoms with Gasteiger partial charge in [-0.1, -0.05) is 53.4 Å². The van der Waals surface area contributed by atoms with E-state index < -0.39 is 0 Å². The summed E-state index contributed by atoms with van der Waals surface area (Å²) >= 11 is 0. The molecule has 1 saturated carbocycles. The Kier molecular flexibility index (Phi) is 7.48. The van der Waals surface area contributed by atoms with Crippen molar-refractivity contribution < 1.29 is 9.53 Å². The predicted molar refractivity (Wildman–Crippen MR) is 80.0 cm³/mol. The Balaban J connectivity index is 2.36. The van der Waals surface area contributed by atoms with E-state index in [1.165, 1.54) is 25.7 Å². The van der Waals surface area contributed by atoms with Gasteiger partial charge in [-0.2, -0.15) is 0 Å². The maximum atomic E-state index is 11.9. The van der Waals surface area contributed by atoms with E-state index in [2.05, 4.69) is 27.7 Å². The Morgan fingerprint density at radius 1 is 1.21 bits per heavy atom. The number of hydrogen-bond acceptors (Lipinski definition) is 2. The van der Waals surface area contributed by atoms with Crippen molar-refractivity contribution in [3.05, 3.63) is 0 Å². The van der Waals surface area contributed by atoms with Crippen LogP contribution in [0.1, 0.15) is 79.1 Å². The zero-order chi connectivity index (χ0) is 14.3. The Bertz CT molecular complexity index is 260. The Labute approximate surface area is 119 Å². The molecule has 3 atom stereocenters. The number of carbonyl (C=O) groups is 1. The molecule has 0 aliphatic heterocycles. The smallest absolute Gasteiger partial charge is 0.306 e. The summed E-state index contributed by atoms with van der Waals surface area (Å²) in [4.78, 5) is 11.9. The minimum absolute atomic E-state index is 0.0286. The highest BCUT2D eigenvalue weighted by Crippen LogP contribution is 2.35. The fourth-order valence-corrected chi connectivity index (χ4v) is 3.17.